The largest absolute Gasteiger partial charge is 0.481 e. The second kappa shape index (κ2) is 3.55. The SMILES string of the molecule is O=C(O)C1CN(Cc2noc(C3CC3)n2)C1. The minimum absolute atomic E-state index is 0.227. The first-order chi connectivity index (χ1) is 7.72. The minimum atomic E-state index is -0.719. The molecule has 1 aliphatic carbocycles. The highest BCUT2D eigenvalue weighted by Crippen LogP contribution is 2.38. The lowest BCUT2D eigenvalue weighted by atomic mass is 10.0. The van der Waals surface area contributed by atoms with Crippen LogP contribution in [0.3, 0.4) is 0 Å². The summed E-state index contributed by atoms with van der Waals surface area (Å²) in [6.07, 6.45) is 2.29. The molecule has 1 N–H and O–H groups in total. The van der Waals surface area contributed by atoms with Crippen molar-refractivity contribution in [3.05, 3.63) is 11.7 Å². The van der Waals surface area contributed by atoms with Gasteiger partial charge in [0, 0.05) is 19.0 Å². The Morgan fingerprint density at radius 1 is 1.50 bits per heavy atom. The third-order valence-electron chi connectivity index (χ3n) is 3.08. The van der Waals surface area contributed by atoms with Crippen LogP contribution in [0.15, 0.2) is 4.52 Å². The van der Waals surface area contributed by atoms with Crippen LogP contribution in [0.1, 0.15) is 30.5 Å². The molecular weight excluding hydrogens is 210 g/mol. The van der Waals surface area contributed by atoms with Gasteiger partial charge in [-0.3, -0.25) is 9.69 Å². The molecule has 1 aromatic heterocycles. The van der Waals surface area contributed by atoms with E-state index in [0.29, 0.717) is 31.4 Å². The van der Waals surface area contributed by atoms with Crippen molar-refractivity contribution in [2.45, 2.75) is 25.3 Å². The Hall–Kier alpha value is -1.43. The molecule has 1 saturated heterocycles. The lowest BCUT2D eigenvalue weighted by Crippen LogP contribution is -2.49. The fourth-order valence-corrected chi connectivity index (χ4v) is 1.88. The van der Waals surface area contributed by atoms with E-state index in [2.05, 4.69) is 10.1 Å². The molecule has 1 saturated carbocycles. The van der Waals surface area contributed by atoms with Crippen LogP contribution in [0.25, 0.3) is 0 Å². The van der Waals surface area contributed by atoms with Crippen LogP contribution in [0.5, 0.6) is 0 Å². The molecule has 86 valence electrons. The summed E-state index contributed by atoms with van der Waals surface area (Å²) in [6.45, 7) is 1.77. The van der Waals surface area contributed by atoms with E-state index in [1.807, 2.05) is 4.90 Å². The summed E-state index contributed by atoms with van der Waals surface area (Å²) in [4.78, 5) is 16.9. The third-order valence-corrected chi connectivity index (χ3v) is 3.08. The maximum absolute atomic E-state index is 10.6. The minimum Gasteiger partial charge on any atom is -0.481 e. The van der Waals surface area contributed by atoms with Gasteiger partial charge in [-0.2, -0.15) is 4.98 Å². The molecule has 2 fully saturated rings. The number of aromatic nitrogens is 2. The molecule has 0 amide bonds. The number of hydrogen-bond acceptors (Lipinski definition) is 5. The first-order valence-electron chi connectivity index (χ1n) is 5.50. The fourth-order valence-electron chi connectivity index (χ4n) is 1.88. The molecule has 1 aromatic rings. The van der Waals surface area contributed by atoms with E-state index in [1.54, 1.807) is 0 Å². The van der Waals surface area contributed by atoms with E-state index in [0.717, 1.165) is 18.7 Å². The second-order valence-electron chi connectivity index (χ2n) is 4.55. The zero-order valence-corrected chi connectivity index (χ0v) is 8.80. The van der Waals surface area contributed by atoms with Crippen LogP contribution >= 0.6 is 0 Å². The van der Waals surface area contributed by atoms with E-state index >= 15 is 0 Å². The maximum Gasteiger partial charge on any atom is 0.309 e. The van der Waals surface area contributed by atoms with E-state index in [1.165, 1.54) is 0 Å². The van der Waals surface area contributed by atoms with Gasteiger partial charge in [-0.15, -0.1) is 0 Å². The van der Waals surface area contributed by atoms with Gasteiger partial charge in [0.15, 0.2) is 5.82 Å². The number of carbonyl (C=O) groups is 1. The Morgan fingerprint density at radius 2 is 2.25 bits per heavy atom. The van der Waals surface area contributed by atoms with Crippen molar-refractivity contribution in [1.29, 1.82) is 0 Å². The number of nitrogens with zero attached hydrogens (tertiary/aromatic N) is 3. The number of aliphatic carboxylic acids is 1. The number of likely N-dealkylation sites (tertiary alicyclic amines) is 1. The summed E-state index contributed by atoms with van der Waals surface area (Å²) in [5.74, 6) is 0.943. The van der Waals surface area contributed by atoms with E-state index in [-0.39, 0.29) is 5.92 Å². The summed E-state index contributed by atoms with van der Waals surface area (Å²) in [5.41, 5.74) is 0. The molecular formula is C10H13N3O3. The molecule has 6 heteroatoms. The van der Waals surface area contributed by atoms with Crippen LogP contribution in [0, 0.1) is 5.92 Å². The first kappa shape index (κ1) is 9.77. The van der Waals surface area contributed by atoms with Crippen LogP contribution in [-0.2, 0) is 11.3 Å². The van der Waals surface area contributed by atoms with Gasteiger partial charge >= 0.3 is 5.97 Å². The Balaban J connectivity index is 1.53. The van der Waals surface area contributed by atoms with Crippen LogP contribution in [0.2, 0.25) is 0 Å². The van der Waals surface area contributed by atoms with Crippen LogP contribution in [-0.4, -0.2) is 39.2 Å². The number of carboxylic acids is 1. The lowest BCUT2D eigenvalue weighted by Gasteiger charge is -2.35. The lowest BCUT2D eigenvalue weighted by molar-refractivity contribution is -0.147. The highest BCUT2D eigenvalue weighted by atomic mass is 16.5. The highest BCUT2D eigenvalue weighted by molar-refractivity contribution is 5.71. The smallest absolute Gasteiger partial charge is 0.309 e. The molecule has 0 atom stereocenters. The monoisotopic (exact) mass is 223 g/mol. The molecule has 1 aliphatic heterocycles. The van der Waals surface area contributed by atoms with E-state index in [4.69, 9.17) is 9.63 Å². The standard InChI is InChI=1S/C10H13N3O3/c14-10(15)7-3-13(4-7)5-8-11-9(16-12-8)6-1-2-6/h6-7H,1-5H2,(H,14,15). The molecule has 0 unspecified atom stereocenters. The predicted molar refractivity (Wildman–Crippen MR) is 52.7 cm³/mol. The van der Waals surface area contributed by atoms with Gasteiger partial charge in [0.05, 0.1) is 12.5 Å². The molecule has 0 radical (unpaired) electrons. The van der Waals surface area contributed by atoms with Crippen LogP contribution in [0.4, 0.5) is 0 Å². The van der Waals surface area contributed by atoms with Gasteiger partial charge in [0.2, 0.25) is 5.89 Å². The normalized spacial score (nSPS) is 22.0. The van der Waals surface area contributed by atoms with Gasteiger partial charge in [-0.25, -0.2) is 0 Å². The van der Waals surface area contributed by atoms with E-state index in [9.17, 15) is 4.79 Å². The van der Waals surface area contributed by atoms with Crippen molar-refractivity contribution in [2.75, 3.05) is 13.1 Å². The summed E-state index contributed by atoms with van der Waals surface area (Å²) in [6, 6.07) is 0. The molecule has 0 spiro atoms. The average molecular weight is 223 g/mol. The topological polar surface area (TPSA) is 79.5 Å². The molecule has 0 bridgehead atoms. The molecule has 0 aromatic carbocycles. The molecule has 2 heterocycles. The van der Waals surface area contributed by atoms with Gasteiger partial charge in [0.25, 0.3) is 0 Å². The van der Waals surface area contributed by atoms with Crippen LogP contribution < -0.4 is 0 Å². The fraction of sp³-hybridized carbons (Fsp3) is 0.700. The quantitative estimate of drug-likeness (QED) is 0.799. The number of rotatable bonds is 4. The molecule has 3 rings (SSSR count). The van der Waals surface area contributed by atoms with Crippen molar-refractivity contribution < 1.29 is 14.4 Å². The number of carboxylic acid groups (broad SMARTS) is 1. The summed E-state index contributed by atoms with van der Waals surface area (Å²) < 4.78 is 5.13. The van der Waals surface area contributed by atoms with E-state index < -0.39 is 5.97 Å². The maximum atomic E-state index is 10.6. The summed E-state index contributed by atoms with van der Waals surface area (Å²) in [5, 5.41) is 12.6. The summed E-state index contributed by atoms with van der Waals surface area (Å²) in [7, 11) is 0. The van der Waals surface area contributed by atoms with Gasteiger partial charge < -0.3 is 9.63 Å². The summed E-state index contributed by atoms with van der Waals surface area (Å²) >= 11 is 0. The Labute approximate surface area is 92.2 Å². The second-order valence-corrected chi connectivity index (χ2v) is 4.55. The molecule has 6 nitrogen and oxygen atoms in total. The van der Waals surface area contributed by atoms with Gasteiger partial charge in [-0.1, -0.05) is 5.16 Å². The Morgan fingerprint density at radius 3 is 2.88 bits per heavy atom. The van der Waals surface area contributed by atoms with Crippen molar-refractivity contribution in [1.82, 2.24) is 15.0 Å². The molecule has 2 aliphatic rings. The number of hydrogen-bond donors (Lipinski definition) is 1. The molecule has 16 heavy (non-hydrogen) atoms. The highest BCUT2D eigenvalue weighted by Gasteiger charge is 2.34. The van der Waals surface area contributed by atoms with Crippen molar-refractivity contribution in [3.8, 4) is 0 Å². The van der Waals surface area contributed by atoms with Crippen molar-refractivity contribution >= 4 is 5.97 Å². The van der Waals surface area contributed by atoms with Crippen molar-refractivity contribution in [2.24, 2.45) is 5.92 Å². The zero-order chi connectivity index (χ0) is 11.1. The first-order valence-corrected chi connectivity index (χ1v) is 5.50. The van der Waals surface area contributed by atoms with Gasteiger partial charge in [-0.05, 0) is 12.8 Å². The van der Waals surface area contributed by atoms with Gasteiger partial charge in [0.1, 0.15) is 0 Å². The van der Waals surface area contributed by atoms with Crippen molar-refractivity contribution in [3.63, 3.8) is 0 Å². The zero-order valence-electron chi connectivity index (χ0n) is 8.80. The Kier molecular flexibility index (Phi) is 2.17. The Bertz CT molecular complexity index is 407. The average Bonchev–Trinajstić information content (AvgIpc) is 2.92. The third kappa shape index (κ3) is 1.80. The predicted octanol–water partition coefficient (Wildman–Crippen LogP) is 0.463.